The standard InChI is InChI=1S/C40H55Cl2N5O8/c1-25-21-34(47(24-25)36(50)23-28(43)7-4-2-3-5-9-35(41)42)38(52)44-31(19-14-26-10-15-29(48)16-11-26)39(53)46-20-6-8-33(46)37(51)45-32(40(54)55)22-27-12-17-30(49)18-13-27/h10-13,15-18,25,28,31-35,48-49H,2-9,14,19-24,43H2,1H3,(H,44,52)(H,45,51)(H,54,55). The van der Waals surface area contributed by atoms with E-state index in [1.807, 2.05) is 6.92 Å². The van der Waals surface area contributed by atoms with Gasteiger partial charge in [0.15, 0.2) is 0 Å². The maximum Gasteiger partial charge on any atom is 0.326 e. The average molecular weight is 805 g/mol. The number of unbranched alkanes of at least 4 members (excludes halogenated alkanes) is 3. The van der Waals surface area contributed by atoms with Gasteiger partial charge in [-0.3, -0.25) is 19.2 Å². The van der Waals surface area contributed by atoms with E-state index in [2.05, 4.69) is 10.6 Å². The molecule has 4 rings (SSSR count). The number of nitrogens with two attached hydrogens (primary N) is 1. The number of nitrogens with zero attached hydrogens (tertiary/aromatic N) is 2. The molecule has 13 nitrogen and oxygen atoms in total. The Hall–Kier alpha value is -4.07. The molecule has 2 aromatic rings. The lowest BCUT2D eigenvalue weighted by atomic mass is 10.0. The molecule has 2 fully saturated rings. The van der Waals surface area contributed by atoms with Crippen LogP contribution in [0.3, 0.4) is 0 Å². The van der Waals surface area contributed by atoms with Gasteiger partial charge in [-0.05, 0) is 86.3 Å². The Bertz CT molecular complexity index is 1590. The van der Waals surface area contributed by atoms with E-state index < -0.39 is 47.9 Å². The van der Waals surface area contributed by atoms with Crippen LogP contribution in [0.1, 0.15) is 88.7 Å². The second-order valence-electron chi connectivity index (χ2n) is 15.0. The van der Waals surface area contributed by atoms with Crippen LogP contribution < -0.4 is 16.4 Å². The number of benzene rings is 2. The number of alkyl halides is 2. The van der Waals surface area contributed by atoms with E-state index >= 15 is 0 Å². The topological polar surface area (TPSA) is 203 Å². The fourth-order valence-electron chi connectivity index (χ4n) is 7.41. The molecular weight excluding hydrogens is 749 g/mol. The van der Waals surface area contributed by atoms with Gasteiger partial charge in [-0.15, -0.1) is 23.2 Å². The van der Waals surface area contributed by atoms with Crippen LogP contribution in [0.4, 0.5) is 0 Å². The van der Waals surface area contributed by atoms with E-state index in [4.69, 9.17) is 28.9 Å². The van der Waals surface area contributed by atoms with Crippen molar-refractivity contribution in [3.8, 4) is 11.5 Å². The highest BCUT2D eigenvalue weighted by Gasteiger charge is 2.42. The molecular formula is C40H55Cl2N5O8. The zero-order valence-electron chi connectivity index (χ0n) is 31.4. The molecule has 0 radical (unpaired) electrons. The minimum absolute atomic E-state index is 0.0279. The summed E-state index contributed by atoms with van der Waals surface area (Å²) in [5.41, 5.74) is 7.77. The molecule has 302 valence electrons. The van der Waals surface area contributed by atoms with Gasteiger partial charge in [0.1, 0.15) is 40.5 Å². The first kappa shape index (κ1) is 43.7. The van der Waals surface area contributed by atoms with Crippen LogP contribution in [-0.2, 0) is 36.8 Å². The van der Waals surface area contributed by atoms with Crippen LogP contribution in [0.2, 0.25) is 0 Å². The average Bonchev–Trinajstić information content (AvgIpc) is 3.80. The Kier molecular flexibility index (Phi) is 16.9. The number of carboxylic acids is 1. The molecule has 0 saturated carbocycles. The summed E-state index contributed by atoms with van der Waals surface area (Å²) in [6.07, 6.45) is 6.95. The molecule has 6 atom stereocenters. The van der Waals surface area contributed by atoms with Gasteiger partial charge in [-0.25, -0.2) is 4.79 Å². The lowest BCUT2D eigenvalue weighted by molar-refractivity contribution is -0.145. The second-order valence-corrected chi connectivity index (χ2v) is 16.3. The SMILES string of the molecule is CC1CC(C(=O)NC(CCc2ccc(O)cc2)C(=O)N2CCCC2C(=O)NC(Cc2ccc(O)cc2)C(=O)O)N(C(=O)CC(N)CCCCCCC(Cl)Cl)C1. The normalized spacial score (nSPS) is 19.9. The van der Waals surface area contributed by atoms with E-state index in [9.17, 15) is 39.3 Å². The monoisotopic (exact) mass is 803 g/mol. The molecule has 55 heavy (non-hydrogen) atoms. The zero-order valence-corrected chi connectivity index (χ0v) is 32.9. The van der Waals surface area contributed by atoms with Crippen LogP contribution in [0.5, 0.6) is 11.5 Å². The maximum atomic E-state index is 14.3. The van der Waals surface area contributed by atoms with Crippen molar-refractivity contribution in [3.05, 3.63) is 59.7 Å². The molecule has 4 amide bonds. The molecule has 2 saturated heterocycles. The Morgan fingerprint density at radius 3 is 2.00 bits per heavy atom. The van der Waals surface area contributed by atoms with Crippen LogP contribution in [-0.4, -0.2) is 103 Å². The third kappa shape index (κ3) is 13.6. The zero-order chi connectivity index (χ0) is 40.1. The Morgan fingerprint density at radius 2 is 1.38 bits per heavy atom. The van der Waals surface area contributed by atoms with Crippen LogP contribution in [0, 0.1) is 5.92 Å². The summed E-state index contributed by atoms with van der Waals surface area (Å²) in [5, 5.41) is 34.8. The molecule has 2 aliphatic rings. The number of hydrogen-bond acceptors (Lipinski definition) is 8. The van der Waals surface area contributed by atoms with Crippen molar-refractivity contribution >= 4 is 52.8 Å². The first-order valence-corrected chi connectivity index (χ1v) is 20.1. The number of amides is 4. The smallest absolute Gasteiger partial charge is 0.326 e. The minimum atomic E-state index is -1.28. The number of aromatic hydroxyl groups is 2. The van der Waals surface area contributed by atoms with E-state index in [1.165, 1.54) is 29.2 Å². The van der Waals surface area contributed by atoms with Crippen LogP contribution in [0.25, 0.3) is 0 Å². The second kappa shape index (κ2) is 21.3. The van der Waals surface area contributed by atoms with E-state index in [0.717, 1.165) is 37.7 Å². The maximum absolute atomic E-state index is 14.3. The van der Waals surface area contributed by atoms with Crippen molar-refractivity contribution in [2.75, 3.05) is 13.1 Å². The lowest BCUT2D eigenvalue weighted by Gasteiger charge is -2.31. The summed E-state index contributed by atoms with van der Waals surface area (Å²) in [4.78, 5) is 70.1. The van der Waals surface area contributed by atoms with Crippen LogP contribution >= 0.6 is 23.2 Å². The number of aryl methyl sites for hydroxylation is 1. The van der Waals surface area contributed by atoms with Crippen molar-refractivity contribution < 1.29 is 39.3 Å². The molecule has 6 unspecified atom stereocenters. The van der Waals surface area contributed by atoms with Gasteiger partial charge in [0.25, 0.3) is 0 Å². The van der Waals surface area contributed by atoms with Gasteiger partial charge in [0.2, 0.25) is 23.6 Å². The third-order valence-electron chi connectivity index (χ3n) is 10.4. The highest BCUT2D eigenvalue weighted by atomic mass is 35.5. The Balaban J connectivity index is 1.43. The number of carbonyl (C=O) groups is 5. The number of carbonyl (C=O) groups excluding carboxylic acids is 4. The van der Waals surface area contributed by atoms with Crippen molar-refractivity contribution in [1.82, 2.24) is 20.4 Å². The van der Waals surface area contributed by atoms with Crippen molar-refractivity contribution in [1.29, 1.82) is 0 Å². The molecule has 15 heteroatoms. The molecule has 2 heterocycles. The predicted molar refractivity (Wildman–Crippen MR) is 210 cm³/mol. The lowest BCUT2D eigenvalue weighted by Crippen LogP contribution is -2.57. The summed E-state index contributed by atoms with van der Waals surface area (Å²) in [5.74, 6) is -2.85. The molecule has 2 aromatic carbocycles. The van der Waals surface area contributed by atoms with E-state index in [1.54, 1.807) is 29.2 Å². The summed E-state index contributed by atoms with van der Waals surface area (Å²) < 4.78 is 0. The van der Waals surface area contributed by atoms with Crippen molar-refractivity contribution in [3.63, 3.8) is 0 Å². The minimum Gasteiger partial charge on any atom is -0.508 e. The highest BCUT2D eigenvalue weighted by Crippen LogP contribution is 2.26. The molecule has 0 aromatic heterocycles. The van der Waals surface area contributed by atoms with Gasteiger partial charge < -0.3 is 41.5 Å². The third-order valence-corrected chi connectivity index (χ3v) is 10.9. The number of hydrogen-bond donors (Lipinski definition) is 6. The van der Waals surface area contributed by atoms with Gasteiger partial charge in [-0.1, -0.05) is 56.9 Å². The molecule has 0 spiro atoms. The van der Waals surface area contributed by atoms with Gasteiger partial charge >= 0.3 is 5.97 Å². The molecule has 7 N–H and O–H groups in total. The first-order valence-electron chi connectivity index (χ1n) is 19.2. The van der Waals surface area contributed by atoms with Crippen molar-refractivity contribution in [2.45, 2.75) is 125 Å². The molecule has 2 aliphatic heterocycles. The van der Waals surface area contributed by atoms with Crippen LogP contribution in [0.15, 0.2) is 48.5 Å². The van der Waals surface area contributed by atoms with Gasteiger partial charge in [0, 0.05) is 32.0 Å². The number of phenolic OH excluding ortho intramolecular Hbond substituents is 2. The number of likely N-dealkylation sites (tertiary alicyclic amines) is 2. The number of aliphatic carboxylic acids is 1. The number of rotatable bonds is 20. The Labute approximate surface area is 332 Å². The number of phenols is 2. The number of halogens is 2. The van der Waals surface area contributed by atoms with E-state index in [-0.39, 0.29) is 60.0 Å². The summed E-state index contributed by atoms with van der Waals surface area (Å²) in [7, 11) is 0. The first-order chi connectivity index (χ1) is 26.2. The largest absolute Gasteiger partial charge is 0.508 e. The fraction of sp³-hybridized carbons (Fsp3) is 0.575. The molecule has 0 aliphatic carbocycles. The Morgan fingerprint density at radius 1 is 0.800 bits per heavy atom. The quantitative estimate of drug-likeness (QED) is 0.0828. The van der Waals surface area contributed by atoms with Gasteiger partial charge in [0.05, 0.1) is 0 Å². The molecule has 0 bridgehead atoms. The predicted octanol–water partition coefficient (Wildman–Crippen LogP) is 4.42. The summed E-state index contributed by atoms with van der Waals surface area (Å²) in [6, 6.07) is 8.09. The van der Waals surface area contributed by atoms with Gasteiger partial charge in [-0.2, -0.15) is 0 Å². The summed E-state index contributed by atoms with van der Waals surface area (Å²) in [6.45, 7) is 2.59. The highest BCUT2D eigenvalue weighted by molar-refractivity contribution is 6.44. The fourth-order valence-corrected chi connectivity index (χ4v) is 7.72. The van der Waals surface area contributed by atoms with E-state index in [0.29, 0.717) is 44.2 Å². The van der Waals surface area contributed by atoms with Crippen molar-refractivity contribution in [2.24, 2.45) is 11.7 Å². The number of nitrogens with one attached hydrogen (secondary N) is 2. The summed E-state index contributed by atoms with van der Waals surface area (Å²) >= 11 is 11.6. The number of carboxylic acid groups (broad SMARTS) is 1.